The normalized spacial score (nSPS) is 15.0. The molecule has 1 aromatic heterocycles. The number of esters is 1. The summed E-state index contributed by atoms with van der Waals surface area (Å²) in [6.07, 6.45) is 2.73. The molecule has 0 atom stereocenters. The van der Waals surface area contributed by atoms with Crippen LogP contribution in [0.25, 0.3) is 10.9 Å². The number of amides is 1. The summed E-state index contributed by atoms with van der Waals surface area (Å²) >= 11 is 0. The maximum absolute atomic E-state index is 13.2. The van der Waals surface area contributed by atoms with E-state index in [1.54, 1.807) is 46.9 Å². The molecule has 0 aliphatic carbocycles. The van der Waals surface area contributed by atoms with Crippen LogP contribution in [0.5, 0.6) is 0 Å². The van der Waals surface area contributed by atoms with Crippen molar-refractivity contribution in [2.24, 2.45) is 5.92 Å². The fourth-order valence-electron chi connectivity index (χ4n) is 4.33. The first kappa shape index (κ1) is 23.0. The number of para-hydroxylation sites is 1. The van der Waals surface area contributed by atoms with Crippen LogP contribution in [0.15, 0.2) is 65.7 Å². The summed E-state index contributed by atoms with van der Waals surface area (Å²) in [5.74, 6) is -0.563. The Morgan fingerprint density at radius 3 is 2.36 bits per heavy atom. The first-order valence-corrected chi connectivity index (χ1v) is 12.8. The van der Waals surface area contributed by atoms with Crippen LogP contribution in [0.2, 0.25) is 0 Å². The number of likely N-dealkylation sites (tertiary alicyclic amines) is 1. The van der Waals surface area contributed by atoms with E-state index in [1.807, 2.05) is 30.3 Å². The van der Waals surface area contributed by atoms with Gasteiger partial charge in [-0.15, -0.1) is 0 Å². The summed E-state index contributed by atoms with van der Waals surface area (Å²) in [6.45, 7) is 3.16. The second-order valence-electron chi connectivity index (χ2n) is 8.29. The van der Waals surface area contributed by atoms with E-state index in [2.05, 4.69) is 0 Å². The van der Waals surface area contributed by atoms with Gasteiger partial charge in [0.15, 0.2) is 9.84 Å². The second kappa shape index (κ2) is 9.79. The monoisotopic (exact) mass is 468 g/mol. The number of carbonyl (C=O) groups is 2. The standard InChI is InChI=1S/C25H28N2O5S/c1-2-32-25(29)20-12-14-26(15-13-20)24(28)17-27-16-23(21-10-6-7-11-22(21)27)33(30,31)18-19-8-4-3-5-9-19/h3-11,16,20H,2,12-15,17-18H2,1H3. The van der Waals surface area contributed by atoms with Gasteiger partial charge in [0.1, 0.15) is 6.54 Å². The Hall–Kier alpha value is -3.13. The number of carbonyl (C=O) groups excluding carboxylic acids is 2. The van der Waals surface area contributed by atoms with Crippen LogP contribution in [0.3, 0.4) is 0 Å². The van der Waals surface area contributed by atoms with E-state index in [-0.39, 0.29) is 35.0 Å². The number of benzene rings is 2. The number of hydrogen-bond acceptors (Lipinski definition) is 5. The van der Waals surface area contributed by atoms with Crippen molar-refractivity contribution in [3.8, 4) is 0 Å². The lowest BCUT2D eigenvalue weighted by atomic mass is 9.97. The summed E-state index contributed by atoms with van der Waals surface area (Å²) in [5, 5.41) is 0.613. The minimum atomic E-state index is -3.60. The molecule has 4 rings (SSSR count). The van der Waals surface area contributed by atoms with E-state index in [0.29, 0.717) is 43.4 Å². The molecule has 1 fully saturated rings. The average molecular weight is 469 g/mol. The molecule has 1 saturated heterocycles. The van der Waals surface area contributed by atoms with Gasteiger partial charge in [0.25, 0.3) is 0 Å². The molecule has 8 heteroatoms. The lowest BCUT2D eigenvalue weighted by Gasteiger charge is -2.31. The van der Waals surface area contributed by atoms with Gasteiger partial charge in [0.05, 0.1) is 23.2 Å². The third kappa shape index (κ3) is 5.11. The molecule has 0 unspecified atom stereocenters. The second-order valence-corrected chi connectivity index (χ2v) is 10.2. The van der Waals surface area contributed by atoms with Crippen LogP contribution in [-0.4, -0.2) is 49.5 Å². The highest BCUT2D eigenvalue weighted by Crippen LogP contribution is 2.28. The predicted molar refractivity (Wildman–Crippen MR) is 125 cm³/mol. The molecule has 0 radical (unpaired) electrons. The molecule has 0 N–H and O–H groups in total. The lowest BCUT2D eigenvalue weighted by molar-refractivity contribution is -0.151. The SMILES string of the molecule is CCOC(=O)C1CCN(C(=O)Cn2cc(S(=O)(=O)Cc3ccccc3)c3ccccc32)CC1. The number of hydrogen-bond donors (Lipinski definition) is 0. The Morgan fingerprint density at radius 1 is 1.00 bits per heavy atom. The molecule has 3 aromatic rings. The molecule has 0 saturated carbocycles. The van der Waals surface area contributed by atoms with Crippen molar-refractivity contribution in [2.75, 3.05) is 19.7 Å². The van der Waals surface area contributed by atoms with E-state index in [4.69, 9.17) is 4.74 Å². The van der Waals surface area contributed by atoms with Gasteiger partial charge >= 0.3 is 5.97 Å². The molecule has 1 aliphatic heterocycles. The van der Waals surface area contributed by atoms with Gasteiger partial charge in [-0.2, -0.15) is 0 Å². The minimum absolute atomic E-state index is 0.0471. The van der Waals surface area contributed by atoms with Gasteiger partial charge in [0, 0.05) is 30.2 Å². The maximum Gasteiger partial charge on any atom is 0.309 e. The van der Waals surface area contributed by atoms with Crippen molar-refractivity contribution < 1.29 is 22.7 Å². The Kier molecular flexibility index (Phi) is 6.83. The summed E-state index contributed by atoms with van der Waals surface area (Å²) < 4.78 is 33.2. The number of aromatic nitrogens is 1. The molecular weight excluding hydrogens is 440 g/mol. The molecule has 1 aliphatic rings. The van der Waals surface area contributed by atoms with Crippen LogP contribution >= 0.6 is 0 Å². The molecule has 2 aromatic carbocycles. The van der Waals surface area contributed by atoms with Crippen molar-refractivity contribution in [1.29, 1.82) is 0 Å². The smallest absolute Gasteiger partial charge is 0.309 e. The van der Waals surface area contributed by atoms with E-state index in [1.165, 1.54) is 0 Å². The van der Waals surface area contributed by atoms with Crippen LogP contribution in [0.4, 0.5) is 0 Å². The lowest BCUT2D eigenvalue weighted by Crippen LogP contribution is -2.42. The van der Waals surface area contributed by atoms with E-state index in [9.17, 15) is 18.0 Å². The van der Waals surface area contributed by atoms with Crippen molar-refractivity contribution in [2.45, 2.75) is 37.0 Å². The zero-order valence-corrected chi connectivity index (χ0v) is 19.5. The Bertz CT molecular complexity index is 1240. The van der Waals surface area contributed by atoms with Crippen molar-refractivity contribution in [3.05, 3.63) is 66.4 Å². The number of fused-ring (bicyclic) bond motifs is 1. The van der Waals surface area contributed by atoms with Crippen LogP contribution < -0.4 is 0 Å². The number of sulfone groups is 1. The molecule has 2 heterocycles. The highest BCUT2D eigenvalue weighted by atomic mass is 32.2. The molecule has 0 spiro atoms. The zero-order chi connectivity index (χ0) is 23.4. The number of piperidine rings is 1. The van der Waals surface area contributed by atoms with Gasteiger partial charge in [-0.1, -0.05) is 48.5 Å². The molecule has 0 bridgehead atoms. The molecule has 1 amide bonds. The Morgan fingerprint density at radius 2 is 1.67 bits per heavy atom. The van der Waals surface area contributed by atoms with E-state index in [0.717, 1.165) is 5.56 Å². The largest absolute Gasteiger partial charge is 0.466 e. The maximum atomic E-state index is 13.2. The zero-order valence-electron chi connectivity index (χ0n) is 18.6. The van der Waals surface area contributed by atoms with Gasteiger partial charge in [-0.05, 0) is 31.4 Å². The highest BCUT2D eigenvalue weighted by Gasteiger charge is 2.29. The number of nitrogens with zero attached hydrogens (tertiary/aromatic N) is 2. The molecule has 174 valence electrons. The van der Waals surface area contributed by atoms with Crippen molar-refractivity contribution >= 4 is 32.6 Å². The average Bonchev–Trinajstić information content (AvgIpc) is 3.19. The summed E-state index contributed by atoms with van der Waals surface area (Å²) in [6, 6.07) is 16.3. The first-order valence-electron chi connectivity index (χ1n) is 11.2. The quantitative estimate of drug-likeness (QED) is 0.496. The van der Waals surface area contributed by atoms with Crippen molar-refractivity contribution in [1.82, 2.24) is 9.47 Å². The predicted octanol–water partition coefficient (Wildman–Crippen LogP) is 3.42. The topological polar surface area (TPSA) is 85.7 Å². The first-order chi connectivity index (χ1) is 15.9. The van der Waals surface area contributed by atoms with Gasteiger partial charge in [-0.3, -0.25) is 9.59 Å². The molecular formula is C25H28N2O5S. The summed E-state index contributed by atoms with van der Waals surface area (Å²) in [4.78, 5) is 26.9. The fourth-order valence-corrected chi connectivity index (χ4v) is 5.92. The number of rotatable bonds is 7. The minimum Gasteiger partial charge on any atom is -0.466 e. The van der Waals surface area contributed by atoms with Crippen LogP contribution in [0, 0.1) is 5.92 Å². The third-order valence-corrected chi connectivity index (χ3v) is 7.77. The van der Waals surface area contributed by atoms with Gasteiger partial charge in [-0.25, -0.2) is 8.42 Å². The van der Waals surface area contributed by atoms with Gasteiger partial charge in [0.2, 0.25) is 5.91 Å². The van der Waals surface area contributed by atoms with Crippen molar-refractivity contribution in [3.63, 3.8) is 0 Å². The summed E-state index contributed by atoms with van der Waals surface area (Å²) in [5.41, 5.74) is 1.42. The number of ether oxygens (including phenoxy) is 1. The fraction of sp³-hybridized carbons (Fsp3) is 0.360. The van der Waals surface area contributed by atoms with E-state index >= 15 is 0 Å². The highest BCUT2D eigenvalue weighted by molar-refractivity contribution is 7.90. The summed E-state index contributed by atoms with van der Waals surface area (Å²) in [7, 11) is -3.60. The molecule has 7 nitrogen and oxygen atoms in total. The van der Waals surface area contributed by atoms with Crippen LogP contribution in [0.1, 0.15) is 25.3 Å². The Balaban J connectivity index is 1.52. The third-order valence-electron chi connectivity index (χ3n) is 6.06. The Labute approximate surface area is 193 Å². The molecule has 33 heavy (non-hydrogen) atoms. The van der Waals surface area contributed by atoms with E-state index < -0.39 is 9.84 Å². The van der Waals surface area contributed by atoms with Crippen LogP contribution in [-0.2, 0) is 36.5 Å². The van der Waals surface area contributed by atoms with Gasteiger partial charge < -0.3 is 14.2 Å².